The third-order valence-electron chi connectivity index (χ3n) is 0.877. The Morgan fingerprint density at radius 1 is 1.33 bits per heavy atom. The van der Waals surface area contributed by atoms with Crippen molar-refractivity contribution >= 4 is 11.6 Å². The van der Waals surface area contributed by atoms with E-state index in [4.69, 9.17) is 16.4 Å². The molecule has 0 aromatic carbocycles. The van der Waals surface area contributed by atoms with Gasteiger partial charge in [-0.25, -0.2) is 0 Å². The number of unbranched alkanes of at least 4 members (excludes halogenated alkanes) is 1. The number of hydrogen-bond acceptors (Lipinski definition) is 2. The van der Waals surface area contributed by atoms with Crippen LogP contribution in [0.1, 0.15) is 12.8 Å². The van der Waals surface area contributed by atoms with Crippen LogP contribution in [0.2, 0.25) is 0 Å². The molecule has 56 valence electrons. The maximum absolute atomic E-state index is 5.45. The molecule has 3 heteroatoms. The molecule has 0 aliphatic carbocycles. The van der Waals surface area contributed by atoms with Crippen LogP contribution in [0.25, 0.3) is 0 Å². The van der Waals surface area contributed by atoms with Crippen LogP contribution < -0.4 is 0 Å². The monoisotopic (exact) mass is 151 g/mol. The summed E-state index contributed by atoms with van der Waals surface area (Å²) in [4.78, 5) is 5.12. The van der Waals surface area contributed by atoms with E-state index in [0.29, 0.717) is 0 Å². The highest BCUT2D eigenvalue weighted by Crippen LogP contribution is 1.92. The first kappa shape index (κ1) is 9.21. The second-order valence-corrected chi connectivity index (χ2v) is 2.42. The number of rotatable bonds is 5. The average molecular weight is 152 g/mol. The van der Waals surface area contributed by atoms with E-state index in [1.807, 2.05) is 14.1 Å². The Labute approximate surface area is 61.7 Å². The molecule has 0 aliphatic rings. The van der Waals surface area contributed by atoms with Crippen LogP contribution in [0.15, 0.2) is 0 Å². The largest absolute Gasteiger partial charge is 0.300 e. The van der Waals surface area contributed by atoms with Crippen molar-refractivity contribution in [1.29, 1.82) is 0 Å². The second kappa shape index (κ2) is 6.33. The van der Waals surface area contributed by atoms with Crippen molar-refractivity contribution in [3.8, 4) is 0 Å². The van der Waals surface area contributed by atoms with Gasteiger partial charge in [0, 0.05) is 20.0 Å². The van der Waals surface area contributed by atoms with E-state index in [1.165, 1.54) is 0 Å². The number of halogens is 1. The van der Waals surface area contributed by atoms with Crippen LogP contribution in [0, 0.1) is 0 Å². The van der Waals surface area contributed by atoms with Gasteiger partial charge in [0.25, 0.3) is 0 Å². The molecule has 0 aromatic heterocycles. The lowest BCUT2D eigenvalue weighted by Crippen LogP contribution is -2.13. The number of hydroxylamine groups is 2. The lowest BCUT2D eigenvalue weighted by molar-refractivity contribution is -0.120. The standard InChI is InChI=1S/C6H14ClNO/c1-8(2)9-6-4-3-5-7/h3-6H2,1-2H3. The van der Waals surface area contributed by atoms with Crippen molar-refractivity contribution in [1.82, 2.24) is 5.06 Å². The van der Waals surface area contributed by atoms with E-state index >= 15 is 0 Å². The fourth-order valence-corrected chi connectivity index (χ4v) is 0.633. The van der Waals surface area contributed by atoms with Crippen molar-refractivity contribution < 1.29 is 4.84 Å². The SMILES string of the molecule is CN(C)OCCCCCl. The molecule has 0 radical (unpaired) electrons. The van der Waals surface area contributed by atoms with Crippen molar-refractivity contribution in [2.75, 3.05) is 26.6 Å². The first-order valence-corrected chi connectivity index (χ1v) is 3.67. The van der Waals surface area contributed by atoms with Crippen LogP contribution in [0.3, 0.4) is 0 Å². The fourth-order valence-electron chi connectivity index (χ4n) is 0.444. The van der Waals surface area contributed by atoms with Crippen LogP contribution in [0.4, 0.5) is 0 Å². The van der Waals surface area contributed by atoms with Gasteiger partial charge in [0.2, 0.25) is 0 Å². The molecule has 0 fully saturated rings. The first-order valence-electron chi connectivity index (χ1n) is 3.13. The molecule has 2 nitrogen and oxygen atoms in total. The van der Waals surface area contributed by atoms with Gasteiger partial charge in [-0.05, 0) is 12.8 Å². The van der Waals surface area contributed by atoms with Crippen LogP contribution >= 0.6 is 11.6 Å². The Hall–Kier alpha value is 0.210. The van der Waals surface area contributed by atoms with Gasteiger partial charge in [-0.2, -0.15) is 5.06 Å². The molecule has 0 bridgehead atoms. The third-order valence-corrected chi connectivity index (χ3v) is 1.14. The van der Waals surface area contributed by atoms with Gasteiger partial charge in [-0.3, -0.25) is 4.84 Å². The van der Waals surface area contributed by atoms with E-state index < -0.39 is 0 Å². The zero-order valence-corrected chi connectivity index (χ0v) is 6.82. The molecule has 0 saturated heterocycles. The lowest BCUT2D eigenvalue weighted by atomic mass is 10.4. The average Bonchev–Trinajstić information content (AvgIpc) is 1.80. The summed E-state index contributed by atoms with van der Waals surface area (Å²) in [6.45, 7) is 0.778. The number of nitrogens with zero attached hydrogens (tertiary/aromatic N) is 1. The Morgan fingerprint density at radius 2 is 2.00 bits per heavy atom. The van der Waals surface area contributed by atoms with E-state index in [0.717, 1.165) is 25.3 Å². The van der Waals surface area contributed by atoms with Gasteiger partial charge in [-0.1, -0.05) is 0 Å². The Balaban J connectivity index is 2.75. The van der Waals surface area contributed by atoms with E-state index in [1.54, 1.807) is 5.06 Å². The molecule has 0 atom stereocenters. The van der Waals surface area contributed by atoms with Gasteiger partial charge in [-0.15, -0.1) is 11.6 Å². The molecule has 0 rings (SSSR count). The topological polar surface area (TPSA) is 12.5 Å². The number of hydrogen-bond donors (Lipinski definition) is 0. The number of alkyl halides is 1. The predicted molar refractivity (Wildman–Crippen MR) is 39.6 cm³/mol. The summed E-state index contributed by atoms with van der Waals surface area (Å²) in [5, 5.41) is 1.70. The molecule has 0 saturated carbocycles. The normalized spacial score (nSPS) is 10.7. The second-order valence-electron chi connectivity index (χ2n) is 2.04. The molecular weight excluding hydrogens is 138 g/mol. The highest BCUT2D eigenvalue weighted by molar-refractivity contribution is 6.17. The van der Waals surface area contributed by atoms with Crippen LogP contribution in [0.5, 0.6) is 0 Å². The molecule has 0 amide bonds. The molecule has 9 heavy (non-hydrogen) atoms. The summed E-state index contributed by atoms with van der Waals surface area (Å²) in [6.07, 6.45) is 2.08. The van der Waals surface area contributed by atoms with E-state index in [-0.39, 0.29) is 0 Å². The molecular formula is C6H14ClNO. The third kappa shape index (κ3) is 8.21. The van der Waals surface area contributed by atoms with Gasteiger partial charge >= 0.3 is 0 Å². The van der Waals surface area contributed by atoms with Gasteiger partial charge in [0.05, 0.1) is 6.61 Å². The molecule has 0 heterocycles. The van der Waals surface area contributed by atoms with Crippen molar-refractivity contribution in [2.24, 2.45) is 0 Å². The molecule has 0 spiro atoms. The Bertz CT molecular complexity index is 59.0. The zero-order chi connectivity index (χ0) is 7.11. The highest BCUT2D eigenvalue weighted by Gasteiger charge is 1.88. The van der Waals surface area contributed by atoms with E-state index in [2.05, 4.69) is 0 Å². The molecule has 0 unspecified atom stereocenters. The summed E-state index contributed by atoms with van der Waals surface area (Å²) in [6, 6.07) is 0. The van der Waals surface area contributed by atoms with Crippen molar-refractivity contribution in [3.63, 3.8) is 0 Å². The first-order chi connectivity index (χ1) is 4.27. The predicted octanol–water partition coefficient (Wildman–Crippen LogP) is 1.50. The summed E-state index contributed by atoms with van der Waals surface area (Å²) in [7, 11) is 3.75. The molecule has 0 aromatic rings. The smallest absolute Gasteiger partial charge is 0.0685 e. The fraction of sp³-hybridized carbons (Fsp3) is 1.00. The Kier molecular flexibility index (Phi) is 6.48. The maximum atomic E-state index is 5.45. The Morgan fingerprint density at radius 3 is 2.44 bits per heavy atom. The van der Waals surface area contributed by atoms with Crippen molar-refractivity contribution in [3.05, 3.63) is 0 Å². The maximum Gasteiger partial charge on any atom is 0.0685 e. The van der Waals surface area contributed by atoms with Gasteiger partial charge in [0.15, 0.2) is 0 Å². The highest BCUT2D eigenvalue weighted by atomic mass is 35.5. The van der Waals surface area contributed by atoms with Gasteiger partial charge < -0.3 is 0 Å². The van der Waals surface area contributed by atoms with E-state index in [9.17, 15) is 0 Å². The van der Waals surface area contributed by atoms with Crippen LogP contribution in [-0.2, 0) is 4.84 Å². The van der Waals surface area contributed by atoms with Crippen LogP contribution in [-0.4, -0.2) is 31.6 Å². The minimum atomic E-state index is 0.733. The van der Waals surface area contributed by atoms with Gasteiger partial charge in [0.1, 0.15) is 0 Å². The lowest BCUT2D eigenvalue weighted by Gasteiger charge is -2.08. The summed E-state index contributed by atoms with van der Waals surface area (Å²) in [5.41, 5.74) is 0. The minimum Gasteiger partial charge on any atom is -0.300 e. The van der Waals surface area contributed by atoms with Crippen molar-refractivity contribution in [2.45, 2.75) is 12.8 Å². The summed E-state index contributed by atoms with van der Waals surface area (Å²) in [5.74, 6) is 0.733. The minimum absolute atomic E-state index is 0.733. The molecule has 0 N–H and O–H groups in total. The summed E-state index contributed by atoms with van der Waals surface area (Å²) < 4.78 is 0. The summed E-state index contributed by atoms with van der Waals surface area (Å²) >= 11 is 5.45. The quantitative estimate of drug-likeness (QED) is 0.336. The zero-order valence-electron chi connectivity index (χ0n) is 6.06. The molecule has 0 aliphatic heterocycles.